The molecule has 2 aromatic heterocycles. The summed E-state index contributed by atoms with van der Waals surface area (Å²) in [6.45, 7) is 1.51. The Morgan fingerprint density at radius 2 is 2.23 bits per heavy atom. The molecule has 1 saturated heterocycles. The van der Waals surface area contributed by atoms with Gasteiger partial charge in [0.2, 0.25) is 0 Å². The molecule has 1 unspecified atom stereocenters. The molecule has 2 amide bonds. The number of carbonyl (C=O) groups excluding carboxylic acids is 1. The van der Waals surface area contributed by atoms with Crippen LogP contribution < -0.4 is 15.5 Å². The lowest BCUT2D eigenvalue weighted by atomic mass is 10.3. The predicted molar refractivity (Wildman–Crippen MR) is 81.2 cm³/mol. The molecule has 0 bridgehead atoms. The standard InChI is InChI=1S/C15H16FN5O/c16-12-9-17-7-4-13(12)20-15(22)19-11-5-8-21(10-11)14-3-1-2-6-18-14/h1-4,6-7,9,11H,5,8,10H2,(H2,17,19,20,22). The minimum atomic E-state index is -0.556. The quantitative estimate of drug-likeness (QED) is 0.910. The van der Waals surface area contributed by atoms with Gasteiger partial charge in [-0.1, -0.05) is 6.07 Å². The van der Waals surface area contributed by atoms with Crippen LogP contribution in [0.2, 0.25) is 0 Å². The molecule has 2 N–H and O–H groups in total. The Bertz CT molecular complexity index is 651. The minimum absolute atomic E-state index is 0.00639. The monoisotopic (exact) mass is 301 g/mol. The van der Waals surface area contributed by atoms with Gasteiger partial charge in [0.05, 0.1) is 11.9 Å². The Balaban J connectivity index is 1.54. The van der Waals surface area contributed by atoms with Gasteiger partial charge in [0.25, 0.3) is 0 Å². The molecule has 0 saturated carbocycles. The van der Waals surface area contributed by atoms with Crippen LogP contribution in [0.4, 0.5) is 20.7 Å². The number of pyridine rings is 2. The normalized spacial score (nSPS) is 17.3. The minimum Gasteiger partial charge on any atom is -0.354 e. The molecule has 114 valence electrons. The summed E-state index contributed by atoms with van der Waals surface area (Å²) in [5.41, 5.74) is 0.118. The number of nitrogens with zero attached hydrogens (tertiary/aromatic N) is 3. The van der Waals surface area contributed by atoms with Crippen LogP contribution in [0, 0.1) is 5.82 Å². The van der Waals surface area contributed by atoms with Gasteiger partial charge in [-0.3, -0.25) is 4.98 Å². The highest BCUT2D eigenvalue weighted by atomic mass is 19.1. The molecule has 2 aromatic rings. The number of carbonyl (C=O) groups is 1. The summed E-state index contributed by atoms with van der Waals surface area (Å²) < 4.78 is 13.4. The van der Waals surface area contributed by atoms with E-state index in [4.69, 9.17) is 0 Å². The van der Waals surface area contributed by atoms with Crippen molar-refractivity contribution in [3.05, 3.63) is 48.7 Å². The lowest BCUT2D eigenvalue weighted by Gasteiger charge is -2.18. The average Bonchev–Trinajstić information content (AvgIpc) is 2.99. The highest BCUT2D eigenvalue weighted by Crippen LogP contribution is 2.17. The largest absolute Gasteiger partial charge is 0.354 e. The van der Waals surface area contributed by atoms with E-state index in [-0.39, 0.29) is 11.7 Å². The fourth-order valence-corrected chi connectivity index (χ4v) is 2.45. The van der Waals surface area contributed by atoms with Crippen molar-refractivity contribution in [1.82, 2.24) is 15.3 Å². The third kappa shape index (κ3) is 3.30. The summed E-state index contributed by atoms with van der Waals surface area (Å²) in [7, 11) is 0. The van der Waals surface area contributed by atoms with Crippen molar-refractivity contribution >= 4 is 17.5 Å². The van der Waals surface area contributed by atoms with Gasteiger partial charge in [0.1, 0.15) is 5.82 Å². The van der Waals surface area contributed by atoms with Crippen LogP contribution in [-0.2, 0) is 0 Å². The van der Waals surface area contributed by atoms with E-state index in [1.54, 1.807) is 6.20 Å². The first-order valence-electron chi connectivity index (χ1n) is 7.05. The van der Waals surface area contributed by atoms with Crippen LogP contribution >= 0.6 is 0 Å². The molecule has 1 atom stereocenters. The van der Waals surface area contributed by atoms with Crippen molar-refractivity contribution in [2.24, 2.45) is 0 Å². The Kier molecular flexibility index (Phi) is 4.13. The second-order valence-electron chi connectivity index (χ2n) is 5.07. The number of amides is 2. The number of hydrogen-bond donors (Lipinski definition) is 2. The summed E-state index contributed by atoms with van der Waals surface area (Å²) in [4.78, 5) is 22.0. The fourth-order valence-electron chi connectivity index (χ4n) is 2.45. The summed E-state index contributed by atoms with van der Waals surface area (Å²) in [6.07, 6.45) is 5.06. The molecule has 6 nitrogen and oxygen atoms in total. The summed E-state index contributed by atoms with van der Waals surface area (Å²) in [5, 5.41) is 5.34. The molecule has 7 heteroatoms. The van der Waals surface area contributed by atoms with E-state index in [1.165, 1.54) is 12.3 Å². The van der Waals surface area contributed by atoms with E-state index in [0.29, 0.717) is 6.54 Å². The van der Waals surface area contributed by atoms with Crippen molar-refractivity contribution < 1.29 is 9.18 Å². The third-order valence-corrected chi connectivity index (χ3v) is 3.52. The first kappa shape index (κ1) is 14.2. The SMILES string of the molecule is O=C(Nc1ccncc1F)NC1CCN(c2ccccn2)C1. The highest BCUT2D eigenvalue weighted by Gasteiger charge is 2.24. The van der Waals surface area contributed by atoms with E-state index in [0.717, 1.165) is 25.0 Å². The third-order valence-electron chi connectivity index (χ3n) is 3.52. The van der Waals surface area contributed by atoms with Gasteiger partial charge in [-0.25, -0.2) is 14.2 Å². The molecule has 0 radical (unpaired) electrons. The van der Waals surface area contributed by atoms with Crippen LogP contribution in [0.25, 0.3) is 0 Å². The topological polar surface area (TPSA) is 70.2 Å². The molecular formula is C15H16FN5O. The lowest BCUT2D eigenvalue weighted by Crippen LogP contribution is -2.40. The molecule has 1 aliphatic heterocycles. The Hall–Kier alpha value is -2.70. The average molecular weight is 301 g/mol. The van der Waals surface area contributed by atoms with Crippen LogP contribution in [-0.4, -0.2) is 35.1 Å². The second kappa shape index (κ2) is 6.38. The van der Waals surface area contributed by atoms with Gasteiger partial charge in [-0.15, -0.1) is 0 Å². The molecule has 0 aromatic carbocycles. The smallest absolute Gasteiger partial charge is 0.319 e. The van der Waals surface area contributed by atoms with E-state index in [9.17, 15) is 9.18 Å². The molecule has 3 rings (SSSR count). The molecule has 22 heavy (non-hydrogen) atoms. The van der Waals surface area contributed by atoms with Crippen LogP contribution in [0.5, 0.6) is 0 Å². The molecule has 1 aliphatic rings. The van der Waals surface area contributed by atoms with Crippen LogP contribution in [0.1, 0.15) is 6.42 Å². The number of urea groups is 1. The van der Waals surface area contributed by atoms with Crippen molar-refractivity contribution in [2.45, 2.75) is 12.5 Å². The summed E-state index contributed by atoms with van der Waals surface area (Å²) >= 11 is 0. The second-order valence-corrected chi connectivity index (χ2v) is 5.07. The molecule has 1 fully saturated rings. The molecular weight excluding hydrogens is 285 g/mol. The fraction of sp³-hybridized carbons (Fsp3) is 0.267. The zero-order valence-corrected chi connectivity index (χ0v) is 11.9. The lowest BCUT2D eigenvalue weighted by molar-refractivity contribution is 0.249. The number of aromatic nitrogens is 2. The number of anilines is 2. The van der Waals surface area contributed by atoms with E-state index in [1.807, 2.05) is 18.2 Å². The van der Waals surface area contributed by atoms with Gasteiger partial charge < -0.3 is 15.5 Å². The van der Waals surface area contributed by atoms with Crippen molar-refractivity contribution in [3.63, 3.8) is 0 Å². The van der Waals surface area contributed by atoms with Gasteiger partial charge in [0.15, 0.2) is 5.82 Å². The Labute approximate surface area is 127 Å². The predicted octanol–water partition coefficient (Wildman–Crippen LogP) is 2.02. The molecule has 3 heterocycles. The van der Waals surface area contributed by atoms with Crippen molar-refractivity contribution in [2.75, 3.05) is 23.3 Å². The summed E-state index contributed by atoms with van der Waals surface area (Å²) in [6, 6.07) is 6.75. The Morgan fingerprint density at radius 1 is 1.32 bits per heavy atom. The van der Waals surface area contributed by atoms with Crippen LogP contribution in [0.3, 0.4) is 0 Å². The van der Waals surface area contributed by atoms with Gasteiger partial charge in [-0.2, -0.15) is 0 Å². The summed E-state index contributed by atoms with van der Waals surface area (Å²) in [5.74, 6) is 0.339. The number of rotatable bonds is 3. The maximum absolute atomic E-state index is 13.4. The van der Waals surface area contributed by atoms with Gasteiger partial charge in [-0.05, 0) is 24.6 Å². The maximum Gasteiger partial charge on any atom is 0.319 e. The van der Waals surface area contributed by atoms with Crippen molar-refractivity contribution in [3.8, 4) is 0 Å². The number of halogens is 1. The zero-order chi connectivity index (χ0) is 15.4. The highest BCUT2D eigenvalue weighted by molar-refractivity contribution is 5.89. The zero-order valence-electron chi connectivity index (χ0n) is 11.9. The first-order chi connectivity index (χ1) is 10.7. The Morgan fingerprint density at radius 3 is 3.00 bits per heavy atom. The first-order valence-corrected chi connectivity index (χ1v) is 7.05. The number of nitrogens with one attached hydrogen (secondary N) is 2. The van der Waals surface area contributed by atoms with E-state index in [2.05, 4.69) is 25.5 Å². The van der Waals surface area contributed by atoms with Gasteiger partial charge >= 0.3 is 6.03 Å². The van der Waals surface area contributed by atoms with Crippen LogP contribution in [0.15, 0.2) is 42.9 Å². The van der Waals surface area contributed by atoms with Crippen molar-refractivity contribution in [1.29, 1.82) is 0 Å². The van der Waals surface area contributed by atoms with Gasteiger partial charge in [0, 0.05) is 31.5 Å². The van der Waals surface area contributed by atoms with E-state index < -0.39 is 11.8 Å². The molecule has 0 spiro atoms. The number of hydrogen-bond acceptors (Lipinski definition) is 4. The molecule has 0 aliphatic carbocycles. The van der Waals surface area contributed by atoms with E-state index >= 15 is 0 Å². The maximum atomic E-state index is 13.4.